The monoisotopic (exact) mass is 562 g/mol. The normalized spacial score (nSPS) is 17.2. The Balaban J connectivity index is 1.63. The van der Waals surface area contributed by atoms with Gasteiger partial charge in [-0.3, -0.25) is 19.0 Å². The number of pyridine rings is 2. The second kappa shape index (κ2) is 9.09. The number of aromatic nitrogens is 4. The lowest BCUT2D eigenvalue weighted by molar-refractivity contribution is 0.569. The Morgan fingerprint density at radius 3 is 2.45 bits per heavy atom. The molecule has 0 amide bonds. The van der Waals surface area contributed by atoms with Crippen LogP contribution in [0.25, 0.3) is 16.9 Å². The van der Waals surface area contributed by atoms with Crippen molar-refractivity contribution in [2.24, 2.45) is 7.05 Å². The Morgan fingerprint density at radius 2 is 1.82 bits per heavy atom. The first kappa shape index (κ1) is 26.2. The van der Waals surface area contributed by atoms with E-state index >= 15 is 8.78 Å². The van der Waals surface area contributed by atoms with E-state index in [-0.39, 0.29) is 33.7 Å². The third-order valence-electron chi connectivity index (χ3n) is 6.73. The van der Waals surface area contributed by atoms with Crippen LogP contribution in [0, 0.1) is 31.3 Å². The van der Waals surface area contributed by atoms with E-state index in [1.165, 1.54) is 36.1 Å². The summed E-state index contributed by atoms with van der Waals surface area (Å²) in [5.74, 6) is -3.05. The number of hydrogen-bond acceptors (Lipinski definition) is 5. The van der Waals surface area contributed by atoms with Gasteiger partial charge < -0.3 is 0 Å². The predicted molar refractivity (Wildman–Crippen MR) is 136 cm³/mol. The zero-order chi connectivity index (χ0) is 27.7. The molecule has 0 unspecified atom stereocenters. The molecule has 1 fully saturated rings. The van der Waals surface area contributed by atoms with Gasteiger partial charge in [0.2, 0.25) is 0 Å². The molecule has 0 spiro atoms. The smallest absolute Gasteiger partial charge is 0.274 e. The molecule has 198 valence electrons. The maximum absolute atomic E-state index is 16.0. The van der Waals surface area contributed by atoms with E-state index < -0.39 is 43.4 Å². The molecule has 5 rings (SSSR count). The molecule has 3 aromatic heterocycles. The van der Waals surface area contributed by atoms with Crippen molar-refractivity contribution in [3.05, 3.63) is 92.0 Å². The topological polar surface area (TPSA) is 86.8 Å². The molecule has 0 bridgehead atoms. The summed E-state index contributed by atoms with van der Waals surface area (Å²) in [5, 5.41) is 4.03. The van der Waals surface area contributed by atoms with Crippen molar-refractivity contribution in [1.29, 1.82) is 0 Å². The van der Waals surface area contributed by atoms with Gasteiger partial charge in [0.15, 0.2) is 27.3 Å². The van der Waals surface area contributed by atoms with Gasteiger partial charge in [-0.05, 0) is 55.5 Å². The lowest BCUT2D eigenvalue weighted by atomic mass is 10.1. The van der Waals surface area contributed by atoms with Crippen LogP contribution < -0.4 is 5.56 Å². The van der Waals surface area contributed by atoms with Gasteiger partial charge in [0.1, 0.15) is 21.3 Å². The van der Waals surface area contributed by atoms with Gasteiger partial charge in [-0.25, -0.2) is 21.6 Å². The second-order valence-electron chi connectivity index (χ2n) is 9.52. The van der Waals surface area contributed by atoms with Crippen LogP contribution in [0.15, 0.2) is 46.3 Å². The van der Waals surface area contributed by atoms with Crippen LogP contribution in [-0.2, 0) is 16.9 Å². The van der Waals surface area contributed by atoms with Gasteiger partial charge in [0.25, 0.3) is 5.56 Å². The highest BCUT2D eigenvalue weighted by Crippen LogP contribution is 2.56. The molecule has 0 aliphatic heterocycles. The molecule has 3 heterocycles. The van der Waals surface area contributed by atoms with E-state index in [9.17, 15) is 17.6 Å². The molecule has 1 aromatic carbocycles. The van der Waals surface area contributed by atoms with Crippen LogP contribution in [0.3, 0.4) is 0 Å². The molecule has 38 heavy (non-hydrogen) atoms. The minimum absolute atomic E-state index is 0.137. The zero-order valence-electron chi connectivity index (χ0n) is 20.8. The van der Waals surface area contributed by atoms with Gasteiger partial charge in [0.05, 0.1) is 11.9 Å². The molecule has 0 radical (unpaired) electrons. The number of hydrogen-bond donors (Lipinski definition) is 0. The largest absolute Gasteiger partial charge is 0.277 e. The highest BCUT2D eigenvalue weighted by atomic mass is 35.5. The summed E-state index contributed by atoms with van der Waals surface area (Å²) in [5.41, 5.74) is -0.247. The fourth-order valence-corrected chi connectivity index (χ4v) is 5.90. The molecule has 1 aliphatic rings. The van der Waals surface area contributed by atoms with Crippen LogP contribution >= 0.6 is 11.6 Å². The molecule has 1 aliphatic carbocycles. The summed E-state index contributed by atoms with van der Waals surface area (Å²) >= 11 is 6.49. The summed E-state index contributed by atoms with van der Waals surface area (Å²) in [6.45, 7) is 3.14. The Labute approximate surface area is 221 Å². The van der Waals surface area contributed by atoms with Gasteiger partial charge in [-0.1, -0.05) is 17.7 Å². The van der Waals surface area contributed by atoms with E-state index in [2.05, 4.69) is 10.1 Å². The molecule has 7 nitrogen and oxygen atoms in total. The van der Waals surface area contributed by atoms with Crippen LogP contribution in [0.2, 0.25) is 5.02 Å². The Hall–Kier alpha value is -3.44. The summed E-state index contributed by atoms with van der Waals surface area (Å²) in [6.07, 6.45) is 3.95. The van der Waals surface area contributed by atoms with Crippen LogP contribution in [0.4, 0.5) is 13.2 Å². The van der Waals surface area contributed by atoms with Crippen molar-refractivity contribution in [1.82, 2.24) is 19.3 Å². The maximum Gasteiger partial charge on any atom is 0.274 e. The summed E-state index contributed by atoms with van der Waals surface area (Å²) in [6, 6.07) is 5.23. The standard InChI is InChI=1S/C26H22ClF3N4O3S/c1-12-10-31-24(14-6-5-7-19(21(14)29)38(4,36)37)22(30)25(12)34-13(2)8-16(20(27)26(34)35)15-9-17(15)23-18(28)11-33(3)32-23/h5-8,10-11,15,17H,9H2,1-4H3/t15-,17+/m1/s1. The maximum atomic E-state index is 16.0. The number of sulfone groups is 1. The first-order chi connectivity index (χ1) is 17.8. The summed E-state index contributed by atoms with van der Waals surface area (Å²) in [7, 11) is -2.31. The first-order valence-electron chi connectivity index (χ1n) is 11.6. The van der Waals surface area contributed by atoms with E-state index in [1.54, 1.807) is 20.0 Å². The Morgan fingerprint density at radius 1 is 1.11 bits per heavy atom. The lowest BCUT2D eigenvalue weighted by Crippen LogP contribution is -2.24. The molecule has 4 aromatic rings. The number of rotatable bonds is 5. The van der Waals surface area contributed by atoms with Crippen LogP contribution in [0.1, 0.15) is 40.8 Å². The first-order valence-corrected chi connectivity index (χ1v) is 13.8. The van der Waals surface area contributed by atoms with Crippen molar-refractivity contribution in [3.63, 3.8) is 0 Å². The minimum Gasteiger partial charge on any atom is -0.277 e. The lowest BCUT2D eigenvalue weighted by Gasteiger charge is -2.18. The fraction of sp³-hybridized carbons (Fsp3) is 0.269. The molecule has 1 saturated carbocycles. The molecular formula is C26H22ClF3N4O3S. The molecular weight excluding hydrogens is 541 g/mol. The van der Waals surface area contributed by atoms with Crippen molar-refractivity contribution in [2.75, 3.05) is 6.26 Å². The van der Waals surface area contributed by atoms with E-state index in [1.807, 2.05) is 0 Å². The zero-order valence-corrected chi connectivity index (χ0v) is 22.3. The van der Waals surface area contributed by atoms with E-state index in [4.69, 9.17) is 11.6 Å². The van der Waals surface area contributed by atoms with Gasteiger partial charge >= 0.3 is 0 Å². The minimum atomic E-state index is -3.93. The number of benzene rings is 1. The number of halogens is 4. The van der Waals surface area contributed by atoms with Crippen molar-refractivity contribution >= 4 is 21.4 Å². The summed E-state index contributed by atoms with van der Waals surface area (Å²) < 4.78 is 71.8. The molecule has 12 heteroatoms. The van der Waals surface area contributed by atoms with Crippen LogP contribution in [-0.4, -0.2) is 34.0 Å². The number of nitrogens with zero attached hydrogens (tertiary/aromatic N) is 4. The summed E-state index contributed by atoms with van der Waals surface area (Å²) in [4.78, 5) is 16.9. The predicted octanol–water partition coefficient (Wildman–Crippen LogP) is 5.00. The second-order valence-corrected chi connectivity index (χ2v) is 11.9. The van der Waals surface area contributed by atoms with Gasteiger partial charge in [0, 0.05) is 36.7 Å². The Bertz CT molecular complexity index is 1800. The third kappa shape index (κ3) is 4.23. The number of aryl methyl sites for hydroxylation is 3. The van der Waals surface area contributed by atoms with E-state index in [0.717, 1.165) is 16.9 Å². The highest BCUT2D eigenvalue weighted by Gasteiger charge is 2.44. The van der Waals surface area contributed by atoms with Crippen LogP contribution in [0.5, 0.6) is 0 Å². The van der Waals surface area contributed by atoms with Gasteiger partial charge in [-0.2, -0.15) is 5.10 Å². The highest BCUT2D eigenvalue weighted by molar-refractivity contribution is 7.90. The quantitative estimate of drug-likeness (QED) is 0.342. The third-order valence-corrected chi connectivity index (χ3v) is 8.23. The van der Waals surface area contributed by atoms with Crippen molar-refractivity contribution < 1.29 is 21.6 Å². The SMILES string of the molecule is Cc1cnc(-c2cccc(S(C)(=O)=O)c2F)c(F)c1-n1c(C)cc([C@H]2C[C@@H]2c2nn(C)cc2F)c(Cl)c1=O. The average molecular weight is 563 g/mol. The fourth-order valence-electron chi connectivity index (χ4n) is 4.86. The van der Waals surface area contributed by atoms with Gasteiger partial charge in [-0.15, -0.1) is 0 Å². The van der Waals surface area contributed by atoms with Crippen molar-refractivity contribution in [2.45, 2.75) is 37.0 Å². The molecule has 0 N–H and O–H groups in total. The average Bonchev–Trinajstić information content (AvgIpc) is 3.54. The molecule has 2 atom stereocenters. The molecule has 0 saturated heterocycles. The van der Waals surface area contributed by atoms with Crippen molar-refractivity contribution in [3.8, 4) is 16.9 Å². The Kier molecular flexibility index (Phi) is 6.26. The van der Waals surface area contributed by atoms with E-state index in [0.29, 0.717) is 23.4 Å².